The average Bonchev–Trinajstić information content (AvgIpc) is 3.20. The van der Waals surface area contributed by atoms with Crippen LogP contribution in [0.1, 0.15) is 13.8 Å². The molecule has 0 bridgehead atoms. The molecule has 31 heavy (non-hydrogen) atoms. The summed E-state index contributed by atoms with van der Waals surface area (Å²) in [6.07, 6.45) is 0. The van der Waals surface area contributed by atoms with E-state index < -0.39 is 15.8 Å². The second-order valence-electron chi connectivity index (χ2n) is 7.74. The Morgan fingerprint density at radius 3 is 2.52 bits per heavy atom. The minimum atomic E-state index is -3.87. The second kappa shape index (κ2) is 8.78. The summed E-state index contributed by atoms with van der Waals surface area (Å²) in [6, 6.07) is 15.4. The molecule has 1 aliphatic rings. The lowest BCUT2D eigenvalue weighted by Gasteiger charge is -2.37. The zero-order valence-electron chi connectivity index (χ0n) is 17.1. The minimum Gasteiger partial charge on any atom is -0.368 e. The number of sulfonamides is 1. The molecule has 1 aromatic heterocycles. The maximum atomic E-state index is 14.1. The number of piperazine rings is 1. The van der Waals surface area contributed by atoms with Crippen LogP contribution in [0.25, 0.3) is 10.4 Å². The van der Waals surface area contributed by atoms with E-state index in [1.165, 1.54) is 12.1 Å². The van der Waals surface area contributed by atoms with Gasteiger partial charge in [-0.05, 0) is 50.2 Å². The summed E-state index contributed by atoms with van der Waals surface area (Å²) in [6.45, 7) is 5.86. The molecule has 3 aromatic rings. The molecule has 0 aliphatic carbocycles. The number of rotatable bonds is 5. The van der Waals surface area contributed by atoms with Crippen molar-refractivity contribution in [2.45, 2.75) is 30.1 Å². The lowest BCUT2D eigenvalue weighted by atomic mass is 10.1. The Labute approximate surface area is 190 Å². The number of thiophene rings is 1. The van der Waals surface area contributed by atoms with Gasteiger partial charge < -0.3 is 10.2 Å². The number of hydrogen-bond donors (Lipinski definition) is 2. The van der Waals surface area contributed by atoms with Crippen molar-refractivity contribution in [1.29, 1.82) is 0 Å². The van der Waals surface area contributed by atoms with E-state index in [1.807, 2.05) is 6.07 Å². The molecule has 5 nitrogen and oxygen atoms in total. The monoisotopic (exact) mass is 479 g/mol. The van der Waals surface area contributed by atoms with E-state index in [2.05, 4.69) is 28.8 Å². The summed E-state index contributed by atoms with van der Waals surface area (Å²) in [5.41, 5.74) is 1.59. The zero-order chi connectivity index (χ0) is 22.2. The highest BCUT2D eigenvalue weighted by atomic mass is 35.5. The first-order valence-corrected chi connectivity index (χ1v) is 12.6. The van der Waals surface area contributed by atoms with E-state index in [0.29, 0.717) is 33.2 Å². The predicted molar refractivity (Wildman–Crippen MR) is 126 cm³/mol. The summed E-state index contributed by atoms with van der Waals surface area (Å²) in [5.74, 6) is -0.392. The van der Waals surface area contributed by atoms with E-state index in [1.54, 1.807) is 36.4 Å². The Balaban J connectivity index is 1.59. The Hall–Kier alpha value is -2.13. The number of benzene rings is 2. The van der Waals surface area contributed by atoms with Crippen molar-refractivity contribution >= 4 is 44.3 Å². The van der Waals surface area contributed by atoms with Crippen molar-refractivity contribution in [3.05, 3.63) is 65.4 Å². The molecule has 2 heterocycles. The maximum absolute atomic E-state index is 14.1. The fourth-order valence-electron chi connectivity index (χ4n) is 3.79. The third-order valence-corrected chi connectivity index (χ3v) is 8.41. The highest BCUT2D eigenvalue weighted by molar-refractivity contribution is 7.94. The molecule has 1 fully saturated rings. The van der Waals surface area contributed by atoms with Crippen LogP contribution in [-0.4, -0.2) is 33.6 Å². The van der Waals surface area contributed by atoms with Crippen LogP contribution in [0.15, 0.2) is 58.8 Å². The number of nitrogens with zero attached hydrogens (tertiary/aromatic N) is 1. The van der Waals surface area contributed by atoms with E-state index in [-0.39, 0.29) is 4.21 Å². The van der Waals surface area contributed by atoms with Crippen molar-refractivity contribution in [1.82, 2.24) is 5.32 Å². The lowest BCUT2D eigenvalue weighted by Crippen LogP contribution is -2.54. The summed E-state index contributed by atoms with van der Waals surface area (Å²) in [7, 11) is -3.87. The van der Waals surface area contributed by atoms with Gasteiger partial charge in [-0.2, -0.15) is 0 Å². The van der Waals surface area contributed by atoms with Gasteiger partial charge in [-0.25, -0.2) is 12.8 Å². The molecule has 0 unspecified atom stereocenters. The fourth-order valence-corrected chi connectivity index (χ4v) is 6.42. The largest absolute Gasteiger partial charge is 0.368 e. The number of halogens is 2. The van der Waals surface area contributed by atoms with Crippen molar-refractivity contribution in [3.8, 4) is 10.4 Å². The topological polar surface area (TPSA) is 61.4 Å². The van der Waals surface area contributed by atoms with Gasteiger partial charge in [0.25, 0.3) is 10.0 Å². The van der Waals surface area contributed by atoms with Gasteiger partial charge in [0.15, 0.2) is 0 Å². The van der Waals surface area contributed by atoms with Crippen molar-refractivity contribution < 1.29 is 12.8 Å². The first-order valence-electron chi connectivity index (χ1n) is 9.91. The molecule has 164 valence electrons. The Bertz CT molecular complexity index is 1190. The SMILES string of the molecule is C[C@@H]1CN(c2ccc(Cl)c(NS(=O)(=O)c3ccc(-c4ccccc4F)s3)c2)C[C@H](C)N1. The van der Waals surface area contributed by atoms with Crippen LogP contribution in [0.3, 0.4) is 0 Å². The normalized spacial score (nSPS) is 19.4. The van der Waals surface area contributed by atoms with Crippen LogP contribution >= 0.6 is 22.9 Å². The third kappa shape index (κ3) is 4.87. The number of anilines is 2. The first-order chi connectivity index (χ1) is 14.7. The van der Waals surface area contributed by atoms with Crippen molar-refractivity contribution in [2.75, 3.05) is 22.7 Å². The Morgan fingerprint density at radius 2 is 1.81 bits per heavy atom. The molecule has 2 N–H and O–H groups in total. The first kappa shape index (κ1) is 22.1. The lowest BCUT2D eigenvalue weighted by molar-refractivity contribution is 0.407. The molecule has 2 atom stereocenters. The summed E-state index contributed by atoms with van der Waals surface area (Å²) in [5, 5.41) is 3.79. The van der Waals surface area contributed by atoms with E-state index in [9.17, 15) is 12.8 Å². The molecular formula is C22H23ClFN3O2S2. The van der Waals surface area contributed by atoms with Crippen LogP contribution in [0.5, 0.6) is 0 Å². The number of hydrogen-bond acceptors (Lipinski definition) is 5. The quantitative estimate of drug-likeness (QED) is 0.528. The summed E-state index contributed by atoms with van der Waals surface area (Å²) < 4.78 is 42.8. The predicted octanol–water partition coefficient (Wildman–Crippen LogP) is 5.20. The molecule has 4 rings (SSSR count). The maximum Gasteiger partial charge on any atom is 0.271 e. The standard InChI is InChI=1S/C22H23ClFN3O2S2/c1-14-12-27(13-15(2)25-14)16-7-8-18(23)20(11-16)26-31(28,29)22-10-9-21(30-22)17-5-3-4-6-19(17)24/h3-11,14-15,25-26H,12-13H2,1-2H3/t14-,15+. The van der Waals surface area contributed by atoms with Gasteiger partial charge in [-0.15, -0.1) is 11.3 Å². The van der Waals surface area contributed by atoms with Crippen LogP contribution in [0, 0.1) is 5.82 Å². The van der Waals surface area contributed by atoms with Gasteiger partial charge in [0.2, 0.25) is 0 Å². The third-order valence-electron chi connectivity index (χ3n) is 5.10. The molecule has 1 saturated heterocycles. The molecule has 0 spiro atoms. The zero-order valence-corrected chi connectivity index (χ0v) is 19.5. The summed E-state index contributed by atoms with van der Waals surface area (Å²) in [4.78, 5) is 2.75. The molecule has 0 radical (unpaired) electrons. The molecule has 2 aromatic carbocycles. The highest BCUT2D eigenvalue weighted by Crippen LogP contribution is 2.35. The fraction of sp³-hybridized carbons (Fsp3) is 0.273. The molecule has 1 aliphatic heterocycles. The second-order valence-corrected chi connectivity index (χ2v) is 11.1. The van der Waals surface area contributed by atoms with Crippen LogP contribution in [-0.2, 0) is 10.0 Å². The summed E-state index contributed by atoms with van der Waals surface area (Å²) >= 11 is 7.32. The minimum absolute atomic E-state index is 0.0941. The van der Waals surface area contributed by atoms with Crippen molar-refractivity contribution in [3.63, 3.8) is 0 Å². The van der Waals surface area contributed by atoms with Crippen molar-refractivity contribution in [2.24, 2.45) is 0 Å². The van der Waals surface area contributed by atoms with Gasteiger partial charge in [-0.3, -0.25) is 4.72 Å². The molecular weight excluding hydrogens is 457 g/mol. The van der Waals surface area contributed by atoms with Crippen LogP contribution in [0.4, 0.5) is 15.8 Å². The molecule has 0 saturated carbocycles. The molecule has 0 amide bonds. The van der Waals surface area contributed by atoms with Gasteiger partial charge in [0.1, 0.15) is 10.0 Å². The van der Waals surface area contributed by atoms with Crippen LogP contribution < -0.4 is 14.9 Å². The van der Waals surface area contributed by atoms with E-state index in [4.69, 9.17) is 11.6 Å². The Kier molecular flexibility index (Phi) is 6.25. The highest BCUT2D eigenvalue weighted by Gasteiger charge is 2.23. The van der Waals surface area contributed by atoms with E-state index in [0.717, 1.165) is 30.1 Å². The molecule has 9 heteroatoms. The smallest absolute Gasteiger partial charge is 0.271 e. The number of nitrogens with one attached hydrogen (secondary N) is 2. The van der Waals surface area contributed by atoms with Gasteiger partial charge >= 0.3 is 0 Å². The van der Waals surface area contributed by atoms with Gasteiger partial charge in [0.05, 0.1) is 10.7 Å². The average molecular weight is 480 g/mol. The van der Waals surface area contributed by atoms with E-state index >= 15 is 0 Å². The van der Waals surface area contributed by atoms with Crippen LogP contribution in [0.2, 0.25) is 5.02 Å². The van der Waals surface area contributed by atoms with Gasteiger partial charge in [-0.1, -0.05) is 29.8 Å². The Morgan fingerprint density at radius 1 is 1.10 bits per heavy atom. The van der Waals surface area contributed by atoms with Gasteiger partial charge in [0, 0.05) is 41.3 Å².